The predicted molar refractivity (Wildman–Crippen MR) is 78.3 cm³/mol. The zero-order valence-corrected chi connectivity index (χ0v) is 12.5. The Bertz CT molecular complexity index is 696. The first-order chi connectivity index (χ1) is 10.6. The average Bonchev–Trinajstić information content (AvgIpc) is 3.10. The Morgan fingerprint density at radius 3 is 3.00 bits per heavy atom. The summed E-state index contributed by atoms with van der Waals surface area (Å²) < 4.78 is 17.8. The number of nitrogens with zero attached hydrogens (tertiary/aromatic N) is 2. The molecule has 1 aromatic heterocycles. The van der Waals surface area contributed by atoms with Crippen molar-refractivity contribution in [3.8, 4) is 17.2 Å². The third-order valence-electron chi connectivity index (χ3n) is 3.48. The van der Waals surface area contributed by atoms with Crippen LogP contribution in [0, 0.1) is 6.92 Å². The van der Waals surface area contributed by atoms with E-state index in [0.717, 1.165) is 5.69 Å². The molecule has 0 saturated heterocycles. The number of nitrogens with one attached hydrogen (secondary N) is 1. The van der Waals surface area contributed by atoms with Crippen molar-refractivity contribution in [1.82, 2.24) is 15.1 Å². The largest absolute Gasteiger partial charge is 0.492 e. The molecule has 0 spiro atoms. The van der Waals surface area contributed by atoms with E-state index in [1.165, 1.54) is 0 Å². The molecule has 1 N–H and O–H groups in total. The Balaban J connectivity index is 1.47. The lowest BCUT2D eigenvalue weighted by Crippen LogP contribution is -2.28. The number of benzene rings is 1. The molecule has 0 saturated carbocycles. The zero-order chi connectivity index (χ0) is 15.5. The third-order valence-corrected chi connectivity index (χ3v) is 3.48. The maximum atomic E-state index is 12.0. The molecule has 1 aliphatic rings. The molecule has 3 rings (SSSR count). The maximum Gasteiger partial charge on any atom is 0.254 e. The van der Waals surface area contributed by atoms with Crippen LogP contribution in [0.2, 0.25) is 0 Å². The number of amides is 1. The van der Waals surface area contributed by atoms with Gasteiger partial charge < -0.3 is 19.5 Å². The lowest BCUT2D eigenvalue weighted by molar-refractivity contribution is 0.0946. The molecule has 22 heavy (non-hydrogen) atoms. The third kappa shape index (κ3) is 2.83. The van der Waals surface area contributed by atoms with Gasteiger partial charge in [0.2, 0.25) is 6.79 Å². The van der Waals surface area contributed by atoms with E-state index in [1.807, 2.05) is 6.92 Å². The van der Waals surface area contributed by atoms with Gasteiger partial charge in [0.15, 0.2) is 11.5 Å². The monoisotopic (exact) mass is 303 g/mol. The van der Waals surface area contributed by atoms with Gasteiger partial charge in [-0.2, -0.15) is 5.10 Å². The molecule has 0 fully saturated rings. The summed E-state index contributed by atoms with van der Waals surface area (Å²) in [5.74, 6) is 1.91. The van der Waals surface area contributed by atoms with Crippen molar-refractivity contribution in [3.05, 3.63) is 35.7 Å². The van der Waals surface area contributed by atoms with E-state index in [9.17, 15) is 4.79 Å². The molecule has 0 atom stereocenters. The van der Waals surface area contributed by atoms with Crippen molar-refractivity contribution >= 4 is 5.91 Å². The SMILES string of the molecule is Cc1c(C(=O)NCCOc2ccc3c(c2)OCO3)cnn1C. The topological polar surface area (TPSA) is 74.6 Å². The van der Waals surface area contributed by atoms with Crippen molar-refractivity contribution in [3.63, 3.8) is 0 Å². The molecule has 116 valence electrons. The molecule has 7 heteroatoms. The first-order valence-corrected chi connectivity index (χ1v) is 6.94. The number of carbonyl (C=O) groups is 1. The summed E-state index contributed by atoms with van der Waals surface area (Å²) in [5.41, 5.74) is 1.40. The number of fused-ring (bicyclic) bond motifs is 1. The highest BCUT2D eigenvalue weighted by Crippen LogP contribution is 2.34. The van der Waals surface area contributed by atoms with Crippen LogP contribution in [0.5, 0.6) is 17.2 Å². The Labute approximate surface area is 127 Å². The van der Waals surface area contributed by atoms with Crippen molar-refractivity contribution in [2.75, 3.05) is 19.9 Å². The summed E-state index contributed by atoms with van der Waals surface area (Å²) in [6.45, 7) is 2.86. The minimum Gasteiger partial charge on any atom is -0.492 e. The Hall–Kier alpha value is -2.70. The standard InChI is InChI=1S/C15H17N3O4/c1-10-12(8-17-18(10)2)15(19)16-5-6-20-11-3-4-13-14(7-11)22-9-21-13/h3-4,7-8H,5-6,9H2,1-2H3,(H,16,19). The quantitative estimate of drug-likeness (QED) is 0.842. The summed E-state index contributed by atoms with van der Waals surface area (Å²) in [4.78, 5) is 12.0. The van der Waals surface area contributed by atoms with Gasteiger partial charge in [-0.1, -0.05) is 0 Å². The fraction of sp³-hybridized carbons (Fsp3) is 0.333. The molecular weight excluding hydrogens is 286 g/mol. The number of aromatic nitrogens is 2. The van der Waals surface area contributed by atoms with Crippen LogP contribution < -0.4 is 19.5 Å². The van der Waals surface area contributed by atoms with Crippen LogP contribution in [0.1, 0.15) is 16.1 Å². The van der Waals surface area contributed by atoms with Crippen molar-refractivity contribution in [1.29, 1.82) is 0 Å². The average molecular weight is 303 g/mol. The molecule has 2 aromatic rings. The van der Waals surface area contributed by atoms with Crippen molar-refractivity contribution < 1.29 is 19.0 Å². The summed E-state index contributed by atoms with van der Waals surface area (Å²) >= 11 is 0. The van der Waals surface area contributed by atoms with Crippen molar-refractivity contribution in [2.24, 2.45) is 7.05 Å². The molecule has 1 aliphatic heterocycles. The molecule has 0 radical (unpaired) electrons. The van der Waals surface area contributed by atoms with Gasteiger partial charge >= 0.3 is 0 Å². The second-order valence-electron chi connectivity index (χ2n) is 4.89. The summed E-state index contributed by atoms with van der Waals surface area (Å²) in [5, 5.41) is 6.85. The van der Waals surface area contributed by atoms with Gasteiger partial charge in [-0.05, 0) is 19.1 Å². The molecule has 1 amide bonds. The van der Waals surface area contributed by atoms with Crippen LogP contribution in [0.3, 0.4) is 0 Å². The summed E-state index contributed by atoms with van der Waals surface area (Å²) in [6, 6.07) is 5.38. The molecule has 1 aromatic carbocycles. The number of hydrogen-bond donors (Lipinski definition) is 1. The smallest absolute Gasteiger partial charge is 0.254 e. The lowest BCUT2D eigenvalue weighted by Gasteiger charge is -2.08. The molecule has 0 aliphatic carbocycles. The number of hydrogen-bond acceptors (Lipinski definition) is 5. The van der Waals surface area contributed by atoms with Gasteiger partial charge in [0.05, 0.1) is 18.3 Å². The van der Waals surface area contributed by atoms with E-state index in [2.05, 4.69) is 10.4 Å². The van der Waals surface area contributed by atoms with Crippen LogP contribution in [0.25, 0.3) is 0 Å². The highest BCUT2D eigenvalue weighted by atomic mass is 16.7. The minimum absolute atomic E-state index is 0.153. The predicted octanol–water partition coefficient (Wildman–Crippen LogP) is 1.27. The van der Waals surface area contributed by atoms with Crippen LogP contribution >= 0.6 is 0 Å². The second-order valence-corrected chi connectivity index (χ2v) is 4.89. The Kier molecular flexibility index (Phi) is 3.86. The number of carbonyl (C=O) groups excluding carboxylic acids is 1. The first-order valence-electron chi connectivity index (χ1n) is 6.94. The van der Waals surface area contributed by atoms with Crippen LogP contribution in [0.4, 0.5) is 0 Å². The van der Waals surface area contributed by atoms with Gasteiger partial charge in [-0.15, -0.1) is 0 Å². The zero-order valence-electron chi connectivity index (χ0n) is 12.5. The first kappa shape index (κ1) is 14.2. The molecular formula is C15H17N3O4. The van der Waals surface area contributed by atoms with E-state index in [1.54, 1.807) is 36.1 Å². The van der Waals surface area contributed by atoms with E-state index < -0.39 is 0 Å². The molecule has 7 nitrogen and oxygen atoms in total. The fourth-order valence-electron chi connectivity index (χ4n) is 2.12. The van der Waals surface area contributed by atoms with Crippen molar-refractivity contribution in [2.45, 2.75) is 6.92 Å². The lowest BCUT2D eigenvalue weighted by atomic mass is 10.2. The minimum atomic E-state index is -0.153. The normalized spacial score (nSPS) is 12.3. The molecule has 0 unspecified atom stereocenters. The number of ether oxygens (including phenoxy) is 3. The van der Waals surface area contributed by atoms with E-state index >= 15 is 0 Å². The van der Waals surface area contributed by atoms with Gasteiger partial charge in [-0.3, -0.25) is 9.48 Å². The van der Waals surface area contributed by atoms with E-state index in [-0.39, 0.29) is 12.7 Å². The number of aryl methyl sites for hydroxylation is 1. The highest BCUT2D eigenvalue weighted by molar-refractivity contribution is 5.94. The van der Waals surface area contributed by atoms with Gasteiger partial charge in [0.25, 0.3) is 5.91 Å². The van der Waals surface area contributed by atoms with Gasteiger partial charge in [-0.25, -0.2) is 0 Å². The highest BCUT2D eigenvalue weighted by Gasteiger charge is 2.14. The number of rotatable bonds is 5. The fourth-order valence-corrected chi connectivity index (χ4v) is 2.12. The van der Waals surface area contributed by atoms with Gasteiger partial charge in [0, 0.05) is 18.8 Å². The second kappa shape index (κ2) is 5.97. The molecule has 0 bridgehead atoms. The van der Waals surface area contributed by atoms with Crippen LogP contribution in [0.15, 0.2) is 24.4 Å². The Morgan fingerprint density at radius 2 is 2.23 bits per heavy atom. The molecule has 2 heterocycles. The van der Waals surface area contributed by atoms with Crippen LogP contribution in [-0.4, -0.2) is 35.6 Å². The summed E-state index contributed by atoms with van der Waals surface area (Å²) in [6.07, 6.45) is 1.56. The van der Waals surface area contributed by atoms with Crippen LogP contribution in [-0.2, 0) is 7.05 Å². The van der Waals surface area contributed by atoms with E-state index in [4.69, 9.17) is 14.2 Å². The Morgan fingerprint density at radius 1 is 1.41 bits per heavy atom. The van der Waals surface area contributed by atoms with E-state index in [0.29, 0.717) is 36.0 Å². The summed E-state index contributed by atoms with van der Waals surface area (Å²) in [7, 11) is 1.80. The maximum absolute atomic E-state index is 12.0. The van der Waals surface area contributed by atoms with Gasteiger partial charge in [0.1, 0.15) is 12.4 Å².